The van der Waals surface area contributed by atoms with Gasteiger partial charge < -0.3 is 19.3 Å². The van der Waals surface area contributed by atoms with Crippen LogP contribution in [0, 0.1) is 6.92 Å². The summed E-state index contributed by atoms with van der Waals surface area (Å²) in [5.41, 5.74) is 1.13. The predicted molar refractivity (Wildman–Crippen MR) is 95.7 cm³/mol. The topological polar surface area (TPSA) is 76.2 Å². The Labute approximate surface area is 153 Å². The molecule has 1 heterocycles. The third-order valence-electron chi connectivity index (χ3n) is 4.29. The molecule has 1 saturated heterocycles. The van der Waals surface area contributed by atoms with Crippen LogP contribution >= 0.6 is 0 Å². The van der Waals surface area contributed by atoms with Gasteiger partial charge in [-0.25, -0.2) is 0 Å². The molecule has 0 saturated carbocycles. The maximum absolute atomic E-state index is 12.4. The number of ether oxygens (including phenoxy) is 2. The van der Waals surface area contributed by atoms with E-state index in [1.807, 2.05) is 31.2 Å². The lowest BCUT2D eigenvalue weighted by Crippen LogP contribution is -2.52. The summed E-state index contributed by atoms with van der Waals surface area (Å²) in [6.45, 7) is 7.19. The van der Waals surface area contributed by atoms with Crippen LogP contribution in [0.25, 0.3) is 0 Å². The van der Waals surface area contributed by atoms with E-state index in [4.69, 9.17) is 9.47 Å². The van der Waals surface area contributed by atoms with Crippen molar-refractivity contribution >= 4 is 17.8 Å². The molecule has 1 atom stereocenters. The quantitative estimate of drug-likeness (QED) is 0.715. The molecular weight excluding hydrogens is 336 g/mol. The maximum Gasteiger partial charge on any atom is 0.310 e. The molecule has 1 aliphatic rings. The zero-order chi connectivity index (χ0) is 19.1. The summed E-state index contributed by atoms with van der Waals surface area (Å²) in [5, 5.41) is 0. The molecule has 1 unspecified atom stereocenters. The Morgan fingerprint density at radius 1 is 1.04 bits per heavy atom. The Morgan fingerprint density at radius 2 is 1.62 bits per heavy atom. The molecular formula is C19H26N2O5. The van der Waals surface area contributed by atoms with E-state index < -0.39 is 12.1 Å². The van der Waals surface area contributed by atoms with Crippen molar-refractivity contribution in [2.24, 2.45) is 0 Å². The van der Waals surface area contributed by atoms with Crippen LogP contribution in [0.1, 0.15) is 25.8 Å². The van der Waals surface area contributed by atoms with Gasteiger partial charge in [0.25, 0.3) is 5.91 Å². The fourth-order valence-electron chi connectivity index (χ4n) is 2.69. The van der Waals surface area contributed by atoms with E-state index in [1.165, 1.54) is 6.92 Å². The van der Waals surface area contributed by atoms with Crippen LogP contribution in [0.3, 0.4) is 0 Å². The number of hydrogen-bond acceptors (Lipinski definition) is 5. The lowest BCUT2D eigenvalue weighted by molar-refractivity contribution is -0.160. The summed E-state index contributed by atoms with van der Waals surface area (Å²) in [4.78, 5) is 38.9. The molecule has 142 valence electrons. The van der Waals surface area contributed by atoms with E-state index in [9.17, 15) is 14.4 Å². The molecule has 1 aliphatic heterocycles. The van der Waals surface area contributed by atoms with Gasteiger partial charge in [-0.2, -0.15) is 0 Å². The highest BCUT2D eigenvalue weighted by molar-refractivity contribution is 5.84. The molecule has 0 bridgehead atoms. The van der Waals surface area contributed by atoms with Crippen molar-refractivity contribution < 1.29 is 23.9 Å². The molecule has 0 spiro atoms. The first-order chi connectivity index (χ1) is 12.4. The number of carbonyl (C=O) groups is 3. The number of aryl methyl sites for hydroxylation is 1. The Bertz CT molecular complexity index is 636. The highest BCUT2D eigenvalue weighted by atomic mass is 16.6. The summed E-state index contributed by atoms with van der Waals surface area (Å²) in [6.07, 6.45) is -0.769. The van der Waals surface area contributed by atoms with E-state index in [1.54, 1.807) is 16.7 Å². The third kappa shape index (κ3) is 5.75. The fraction of sp³-hybridized carbons (Fsp3) is 0.526. The van der Waals surface area contributed by atoms with Crippen molar-refractivity contribution in [3.63, 3.8) is 0 Å². The second kappa shape index (κ2) is 9.22. The van der Waals surface area contributed by atoms with Crippen LogP contribution in [-0.4, -0.2) is 66.5 Å². The number of hydrogen-bond donors (Lipinski definition) is 0. The van der Waals surface area contributed by atoms with Crippen molar-refractivity contribution in [3.05, 3.63) is 29.8 Å². The van der Waals surface area contributed by atoms with Gasteiger partial charge in [0.1, 0.15) is 5.75 Å². The van der Waals surface area contributed by atoms with Crippen molar-refractivity contribution in [2.45, 2.75) is 33.3 Å². The molecule has 2 rings (SSSR count). The van der Waals surface area contributed by atoms with Gasteiger partial charge in [-0.3, -0.25) is 14.4 Å². The van der Waals surface area contributed by atoms with Gasteiger partial charge in [-0.1, -0.05) is 17.7 Å². The molecule has 7 nitrogen and oxygen atoms in total. The standard InChI is InChI=1S/C19H26N2O5/c1-14-4-6-17(7-5-14)25-13-8-18(23)26-15(2)19(24)21-11-9-20(10-12-21)16(3)22/h4-7,15H,8-13H2,1-3H3. The van der Waals surface area contributed by atoms with Crippen LogP contribution in [-0.2, 0) is 19.1 Å². The summed E-state index contributed by atoms with van der Waals surface area (Å²) < 4.78 is 10.7. The molecule has 2 amide bonds. The number of carbonyl (C=O) groups excluding carboxylic acids is 3. The van der Waals surface area contributed by atoms with E-state index in [2.05, 4.69) is 0 Å². The van der Waals surface area contributed by atoms with Gasteiger partial charge in [-0.15, -0.1) is 0 Å². The number of piperazine rings is 1. The summed E-state index contributed by atoms with van der Waals surface area (Å²) in [7, 11) is 0. The average Bonchev–Trinajstić information content (AvgIpc) is 2.62. The Morgan fingerprint density at radius 3 is 2.19 bits per heavy atom. The highest BCUT2D eigenvalue weighted by Gasteiger charge is 2.27. The van der Waals surface area contributed by atoms with Crippen LogP contribution in [0.15, 0.2) is 24.3 Å². The van der Waals surface area contributed by atoms with E-state index in [0.29, 0.717) is 31.9 Å². The van der Waals surface area contributed by atoms with Gasteiger partial charge in [0.2, 0.25) is 5.91 Å². The van der Waals surface area contributed by atoms with Crippen LogP contribution in [0.5, 0.6) is 5.75 Å². The second-order valence-corrected chi connectivity index (χ2v) is 6.37. The van der Waals surface area contributed by atoms with Gasteiger partial charge in [-0.05, 0) is 26.0 Å². The smallest absolute Gasteiger partial charge is 0.310 e. The zero-order valence-electron chi connectivity index (χ0n) is 15.6. The summed E-state index contributed by atoms with van der Waals surface area (Å²) in [6, 6.07) is 7.54. The van der Waals surface area contributed by atoms with Crippen molar-refractivity contribution in [1.29, 1.82) is 0 Å². The number of esters is 1. The molecule has 26 heavy (non-hydrogen) atoms. The molecule has 1 aromatic carbocycles. The number of benzene rings is 1. The molecule has 1 aromatic rings. The average molecular weight is 362 g/mol. The number of nitrogens with zero attached hydrogens (tertiary/aromatic N) is 2. The lowest BCUT2D eigenvalue weighted by atomic mass is 10.2. The van der Waals surface area contributed by atoms with Gasteiger partial charge in [0.15, 0.2) is 6.10 Å². The van der Waals surface area contributed by atoms with Gasteiger partial charge >= 0.3 is 5.97 Å². The Balaban J connectivity index is 1.70. The number of amides is 2. The Kier molecular flexibility index (Phi) is 7.00. The summed E-state index contributed by atoms with van der Waals surface area (Å²) in [5.74, 6) is -0.0117. The summed E-state index contributed by atoms with van der Waals surface area (Å²) >= 11 is 0. The van der Waals surface area contributed by atoms with Crippen molar-refractivity contribution in [1.82, 2.24) is 9.80 Å². The largest absolute Gasteiger partial charge is 0.493 e. The SMILES string of the molecule is CC(=O)N1CCN(C(=O)C(C)OC(=O)CCOc2ccc(C)cc2)CC1. The molecule has 7 heteroatoms. The third-order valence-corrected chi connectivity index (χ3v) is 4.29. The predicted octanol–water partition coefficient (Wildman–Crippen LogP) is 1.39. The minimum Gasteiger partial charge on any atom is -0.493 e. The lowest BCUT2D eigenvalue weighted by Gasteiger charge is -2.35. The first kappa shape index (κ1) is 19.8. The molecule has 0 radical (unpaired) electrons. The van der Waals surface area contributed by atoms with Crippen molar-refractivity contribution in [2.75, 3.05) is 32.8 Å². The van der Waals surface area contributed by atoms with Crippen molar-refractivity contribution in [3.8, 4) is 5.75 Å². The fourth-order valence-corrected chi connectivity index (χ4v) is 2.69. The van der Waals surface area contributed by atoms with E-state index in [-0.39, 0.29) is 24.8 Å². The minimum atomic E-state index is -0.842. The van der Waals surface area contributed by atoms with E-state index >= 15 is 0 Å². The first-order valence-corrected chi connectivity index (χ1v) is 8.80. The van der Waals surface area contributed by atoms with Crippen LogP contribution in [0.2, 0.25) is 0 Å². The van der Waals surface area contributed by atoms with Crippen LogP contribution < -0.4 is 4.74 Å². The molecule has 0 N–H and O–H groups in total. The molecule has 0 aliphatic carbocycles. The van der Waals surface area contributed by atoms with E-state index in [0.717, 1.165) is 5.56 Å². The first-order valence-electron chi connectivity index (χ1n) is 8.80. The monoisotopic (exact) mass is 362 g/mol. The highest BCUT2D eigenvalue weighted by Crippen LogP contribution is 2.12. The second-order valence-electron chi connectivity index (χ2n) is 6.37. The maximum atomic E-state index is 12.4. The minimum absolute atomic E-state index is 0.00477. The van der Waals surface area contributed by atoms with Gasteiger partial charge in [0, 0.05) is 33.1 Å². The Hall–Kier alpha value is -2.57. The molecule has 0 aromatic heterocycles. The van der Waals surface area contributed by atoms with Crippen LogP contribution in [0.4, 0.5) is 0 Å². The molecule has 1 fully saturated rings. The zero-order valence-corrected chi connectivity index (χ0v) is 15.6. The van der Waals surface area contributed by atoms with Gasteiger partial charge in [0.05, 0.1) is 13.0 Å². The normalized spacial score (nSPS) is 15.3. The number of rotatable bonds is 6.